The Kier molecular flexibility index (Phi) is 5.03. The van der Waals surface area contributed by atoms with Gasteiger partial charge in [0.1, 0.15) is 0 Å². The van der Waals surface area contributed by atoms with Gasteiger partial charge in [0.05, 0.1) is 12.7 Å². The normalized spacial score (nSPS) is 12.1. The molecule has 0 saturated carbocycles. The first-order valence-corrected chi connectivity index (χ1v) is 6.85. The minimum atomic E-state index is -0.843. The molecule has 0 bridgehead atoms. The van der Waals surface area contributed by atoms with Crippen LogP contribution in [0.3, 0.4) is 0 Å². The molecule has 2 rings (SSSR count). The molecular formula is C16H21N3O2. The van der Waals surface area contributed by atoms with Gasteiger partial charge in [-0.25, -0.2) is 0 Å². The van der Waals surface area contributed by atoms with Gasteiger partial charge in [0.15, 0.2) is 0 Å². The molecule has 0 saturated heterocycles. The van der Waals surface area contributed by atoms with E-state index in [9.17, 15) is 5.11 Å². The van der Waals surface area contributed by atoms with Crippen molar-refractivity contribution in [2.45, 2.75) is 19.1 Å². The molecule has 0 heterocycles. The van der Waals surface area contributed by atoms with Crippen molar-refractivity contribution in [3.8, 4) is 0 Å². The summed E-state index contributed by atoms with van der Waals surface area (Å²) in [7, 11) is 0. The number of rotatable bonds is 6. The number of anilines is 3. The topological polar surface area (TPSA) is 105 Å². The smallest absolute Gasteiger partial charge is 0.0812 e. The van der Waals surface area contributed by atoms with Crippen LogP contribution >= 0.6 is 0 Å². The molecule has 0 amide bonds. The van der Waals surface area contributed by atoms with Crippen LogP contribution in [0, 0.1) is 0 Å². The maximum atomic E-state index is 9.67. The van der Waals surface area contributed by atoms with Crippen molar-refractivity contribution < 1.29 is 10.2 Å². The van der Waals surface area contributed by atoms with E-state index in [0.717, 1.165) is 16.8 Å². The number of nitrogen functional groups attached to an aromatic ring is 2. The quantitative estimate of drug-likeness (QED) is 0.516. The summed E-state index contributed by atoms with van der Waals surface area (Å²) in [6, 6.07) is 13.2. The molecule has 0 radical (unpaired) electrons. The van der Waals surface area contributed by atoms with Crippen LogP contribution in [0.25, 0.3) is 0 Å². The number of hydrogen-bond donors (Lipinski definition) is 5. The summed E-state index contributed by atoms with van der Waals surface area (Å²) in [6.45, 7) is 0.203. The molecule has 1 unspecified atom stereocenters. The van der Waals surface area contributed by atoms with E-state index in [-0.39, 0.29) is 13.0 Å². The molecule has 7 N–H and O–H groups in total. The summed E-state index contributed by atoms with van der Waals surface area (Å²) in [5.74, 6) is 0. The number of para-hydroxylation sites is 1. The first-order valence-electron chi connectivity index (χ1n) is 6.85. The largest absolute Gasteiger partial charge is 0.398 e. The lowest BCUT2D eigenvalue weighted by atomic mass is 9.98. The van der Waals surface area contributed by atoms with Gasteiger partial charge >= 0.3 is 0 Å². The van der Waals surface area contributed by atoms with Crippen molar-refractivity contribution in [2.24, 2.45) is 0 Å². The average Bonchev–Trinajstić information content (AvgIpc) is 2.51. The van der Waals surface area contributed by atoms with Crippen LogP contribution in [0.2, 0.25) is 0 Å². The number of nitrogens with two attached hydrogens (primary N) is 2. The lowest BCUT2D eigenvalue weighted by Crippen LogP contribution is -2.19. The van der Waals surface area contributed by atoms with Gasteiger partial charge in [0.25, 0.3) is 0 Å². The van der Waals surface area contributed by atoms with E-state index < -0.39 is 6.10 Å². The third-order valence-electron chi connectivity index (χ3n) is 3.40. The second-order valence-corrected chi connectivity index (χ2v) is 4.96. The minimum Gasteiger partial charge on any atom is -0.398 e. The summed E-state index contributed by atoms with van der Waals surface area (Å²) < 4.78 is 0. The fourth-order valence-corrected chi connectivity index (χ4v) is 2.23. The van der Waals surface area contributed by atoms with Crippen LogP contribution < -0.4 is 16.8 Å². The number of aliphatic hydroxyl groups is 2. The van der Waals surface area contributed by atoms with Gasteiger partial charge in [-0.2, -0.15) is 0 Å². The van der Waals surface area contributed by atoms with Crippen molar-refractivity contribution in [1.29, 1.82) is 0 Å². The minimum absolute atomic E-state index is 0.277. The second-order valence-electron chi connectivity index (χ2n) is 4.96. The number of benzene rings is 2. The van der Waals surface area contributed by atoms with Gasteiger partial charge in [-0.15, -0.1) is 0 Å². The Labute approximate surface area is 124 Å². The van der Waals surface area contributed by atoms with Crippen LogP contribution in [0.15, 0.2) is 42.5 Å². The highest BCUT2D eigenvalue weighted by molar-refractivity contribution is 5.63. The highest BCUT2D eigenvalue weighted by Gasteiger charge is 2.14. The SMILES string of the molecule is Nc1ccc(N)c(CC(O)CO)c1CNc1ccccc1. The van der Waals surface area contributed by atoms with Crippen molar-refractivity contribution in [1.82, 2.24) is 0 Å². The monoisotopic (exact) mass is 287 g/mol. The van der Waals surface area contributed by atoms with E-state index >= 15 is 0 Å². The fourth-order valence-electron chi connectivity index (χ4n) is 2.23. The fraction of sp³-hybridized carbons (Fsp3) is 0.250. The van der Waals surface area contributed by atoms with Crippen LogP contribution in [0.1, 0.15) is 11.1 Å². The van der Waals surface area contributed by atoms with Gasteiger partial charge < -0.3 is 27.0 Å². The Bertz CT molecular complexity index is 588. The molecule has 0 fully saturated rings. The predicted octanol–water partition coefficient (Wildman–Crippen LogP) is 1.36. The van der Waals surface area contributed by atoms with Gasteiger partial charge in [-0.3, -0.25) is 0 Å². The Morgan fingerprint density at radius 3 is 2.19 bits per heavy atom. The predicted molar refractivity (Wildman–Crippen MR) is 85.8 cm³/mol. The molecule has 112 valence electrons. The zero-order chi connectivity index (χ0) is 15.2. The highest BCUT2D eigenvalue weighted by Crippen LogP contribution is 2.26. The zero-order valence-corrected chi connectivity index (χ0v) is 11.8. The van der Waals surface area contributed by atoms with Crippen LogP contribution in [0.4, 0.5) is 17.1 Å². The Morgan fingerprint density at radius 1 is 0.952 bits per heavy atom. The molecule has 5 heteroatoms. The standard InChI is InChI=1S/C16H21N3O2/c17-15-6-7-16(18)14(13(15)8-12(21)10-20)9-19-11-4-2-1-3-5-11/h1-7,12,19-21H,8-10,17-18H2. The molecule has 2 aromatic rings. The van der Waals surface area contributed by atoms with Crippen molar-refractivity contribution in [3.63, 3.8) is 0 Å². The van der Waals surface area contributed by atoms with E-state index in [1.54, 1.807) is 12.1 Å². The molecule has 1 atom stereocenters. The molecule has 2 aromatic carbocycles. The lowest BCUT2D eigenvalue weighted by molar-refractivity contribution is 0.0955. The summed E-state index contributed by atoms with van der Waals surface area (Å²) in [5.41, 5.74) is 15.8. The second kappa shape index (κ2) is 6.97. The van der Waals surface area contributed by atoms with E-state index in [1.807, 2.05) is 30.3 Å². The van der Waals surface area contributed by atoms with Crippen molar-refractivity contribution in [3.05, 3.63) is 53.6 Å². The summed E-state index contributed by atoms with van der Waals surface area (Å²) in [6.07, 6.45) is -0.566. The van der Waals surface area contributed by atoms with Crippen LogP contribution in [0.5, 0.6) is 0 Å². The Morgan fingerprint density at radius 2 is 1.57 bits per heavy atom. The van der Waals surface area contributed by atoms with Crippen LogP contribution in [-0.2, 0) is 13.0 Å². The van der Waals surface area contributed by atoms with Crippen LogP contribution in [-0.4, -0.2) is 22.9 Å². The summed E-state index contributed by atoms with van der Waals surface area (Å²) in [5, 5.41) is 22.0. The van der Waals surface area contributed by atoms with Gasteiger partial charge in [0, 0.05) is 30.0 Å². The van der Waals surface area contributed by atoms with E-state index in [0.29, 0.717) is 17.9 Å². The molecule has 0 aromatic heterocycles. The maximum Gasteiger partial charge on any atom is 0.0812 e. The van der Waals surface area contributed by atoms with Gasteiger partial charge in [0.2, 0.25) is 0 Å². The molecule has 0 spiro atoms. The maximum absolute atomic E-state index is 9.67. The number of nitrogens with one attached hydrogen (secondary N) is 1. The number of hydrogen-bond acceptors (Lipinski definition) is 5. The molecule has 0 aliphatic rings. The molecule has 0 aliphatic heterocycles. The number of aliphatic hydroxyl groups excluding tert-OH is 2. The van der Waals surface area contributed by atoms with Crippen molar-refractivity contribution in [2.75, 3.05) is 23.4 Å². The molecular weight excluding hydrogens is 266 g/mol. The Balaban J connectivity index is 2.22. The third kappa shape index (κ3) is 3.87. The summed E-state index contributed by atoms with van der Waals surface area (Å²) >= 11 is 0. The molecule has 21 heavy (non-hydrogen) atoms. The van der Waals surface area contributed by atoms with E-state index in [2.05, 4.69) is 5.32 Å². The zero-order valence-electron chi connectivity index (χ0n) is 11.8. The highest BCUT2D eigenvalue weighted by atomic mass is 16.3. The summed E-state index contributed by atoms with van der Waals surface area (Å²) in [4.78, 5) is 0. The molecule has 0 aliphatic carbocycles. The molecule has 5 nitrogen and oxygen atoms in total. The first-order chi connectivity index (χ1) is 10.1. The Hall–Kier alpha value is -2.24. The average molecular weight is 287 g/mol. The van der Waals surface area contributed by atoms with E-state index in [4.69, 9.17) is 16.6 Å². The first kappa shape index (κ1) is 15.2. The third-order valence-corrected chi connectivity index (χ3v) is 3.40. The van der Waals surface area contributed by atoms with Gasteiger partial charge in [-0.05, 0) is 35.4 Å². The van der Waals surface area contributed by atoms with E-state index in [1.165, 1.54) is 0 Å². The lowest BCUT2D eigenvalue weighted by Gasteiger charge is -2.18. The van der Waals surface area contributed by atoms with Gasteiger partial charge in [-0.1, -0.05) is 18.2 Å². The van der Waals surface area contributed by atoms with Crippen molar-refractivity contribution >= 4 is 17.1 Å².